The van der Waals surface area contributed by atoms with Crippen molar-refractivity contribution in [1.82, 2.24) is 4.90 Å². The summed E-state index contributed by atoms with van der Waals surface area (Å²) in [6, 6.07) is 8.97. The van der Waals surface area contributed by atoms with E-state index in [1.54, 1.807) is 24.8 Å². The molecule has 10 heteroatoms. The monoisotopic (exact) mass is 548 g/mol. The van der Waals surface area contributed by atoms with Crippen molar-refractivity contribution in [2.24, 2.45) is 10.5 Å². The van der Waals surface area contributed by atoms with Crippen molar-refractivity contribution in [3.8, 4) is 6.07 Å². The third-order valence-corrected chi connectivity index (χ3v) is 8.23. The second-order valence-corrected chi connectivity index (χ2v) is 11.8. The number of benzene rings is 2. The fourth-order valence-electron chi connectivity index (χ4n) is 6.14. The van der Waals surface area contributed by atoms with Gasteiger partial charge in [-0.25, -0.2) is 19.2 Å². The van der Waals surface area contributed by atoms with Gasteiger partial charge < -0.3 is 4.74 Å². The summed E-state index contributed by atoms with van der Waals surface area (Å²) in [5.41, 5.74) is 3.95. The normalized spacial score (nSPS) is 27.0. The van der Waals surface area contributed by atoms with Crippen LogP contribution in [-0.4, -0.2) is 35.2 Å². The van der Waals surface area contributed by atoms with Crippen molar-refractivity contribution < 1.29 is 18.3 Å². The highest BCUT2D eigenvalue weighted by Gasteiger charge is 2.71. The molecule has 2 saturated heterocycles. The zero-order chi connectivity index (χ0) is 27.3. The van der Waals surface area contributed by atoms with Gasteiger partial charge in [0.1, 0.15) is 23.1 Å². The average Bonchev–Trinajstić information content (AvgIpc) is 3.23. The molecule has 0 bridgehead atoms. The van der Waals surface area contributed by atoms with Gasteiger partial charge in [-0.1, -0.05) is 55.2 Å². The van der Waals surface area contributed by atoms with E-state index in [2.05, 4.69) is 11.2 Å². The minimum absolute atomic E-state index is 0.0211. The predicted molar refractivity (Wildman–Crippen MR) is 135 cm³/mol. The summed E-state index contributed by atoms with van der Waals surface area (Å²) in [4.78, 5) is 15.2. The lowest BCUT2D eigenvalue weighted by Gasteiger charge is -2.43. The average molecular weight is 549 g/mol. The minimum atomic E-state index is -1.71. The van der Waals surface area contributed by atoms with Gasteiger partial charge >= 0.3 is 5.97 Å². The molecule has 4 rings (SSSR count). The third kappa shape index (κ3) is 4.41. The van der Waals surface area contributed by atoms with E-state index in [9.17, 15) is 10.1 Å². The summed E-state index contributed by atoms with van der Waals surface area (Å²) in [6.07, 6.45) is 0.828. The highest BCUT2D eigenvalue weighted by molar-refractivity contribution is 6.31. The summed E-state index contributed by atoms with van der Waals surface area (Å²) in [5, 5.41) is 14.4. The Hall–Kier alpha value is -2.60. The molecule has 37 heavy (non-hydrogen) atoms. The topological polar surface area (TPSA) is 89.5 Å². The zero-order valence-electron chi connectivity index (χ0n) is 21.0. The van der Waals surface area contributed by atoms with Gasteiger partial charge in [-0.3, -0.25) is 4.79 Å². The van der Waals surface area contributed by atoms with Gasteiger partial charge in [0, 0.05) is 22.5 Å². The van der Waals surface area contributed by atoms with Gasteiger partial charge in [-0.05, 0) is 55.9 Å². The fourth-order valence-corrected chi connectivity index (χ4v) is 6.49. The molecule has 2 aliphatic heterocycles. The standard InChI is InChI=1S/C27H28Cl2F2N4O2/c1-25(2,10-11-34-33)13-20-27(14-32,17-9-8-15(28)12-19(17)30)21(16-6-5-7-18(29)22(16)31)23-24(36)37-26(3,4)35(20)23/h5-9,12,20-21,23,33H,10-11,13H2,1-4H3/t20-,21-,23+,27-/m0/s1. The predicted octanol–water partition coefficient (Wildman–Crippen LogP) is 7.00. The van der Waals surface area contributed by atoms with Gasteiger partial charge in [-0.15, -0.1) is 0 Å². The lowest BCUT2D eigenvalue weighted by molar-refractivity contribution is -0.152. The van der Waals surface area contributed by atoms with Gasteiger partial charge in [0.25, 0.3) is 0 Å². The zero-order valence-corrected chi connectivity index (χ0v) is 22.5. The molecule has 6 nitrogen and oxygen atoms in total. The molecular formula is C27H28Cl2F2N4O2. The van der Waals surface area contributed by atoms with E-state index >= 15 is 8.78 Å². The fraction of sp³-hybridized carbons (Fsp3) is 0.481. The Morgan fingerprint density at radius 2 is 1.95 bits per heavy atom. The van der Waals surface area contributed by atoms with Crippen molar-refractivity contribution in [1.29, 1.82) is 10.8 Å². The Morgan fingerprint density at radius 1 is 1.24 bits per heavy atom. The number of rotatable bonds is 7. The molecule has 0 unspecified atom stereocenters. The van der Waals surface area contributed by atoms with Crippen LogP contribution in [0.25, 0.3) is 0 Å². The molecule has 1 N–H and O–H groups in total. The number of esters is 1. The number of cyclic esters (lactones) is 1. The molecule has 196 valence electrons. The minimum Gasteiger partial charge on any atom is -0.443 e. The molecule has 4 atom stereocenters. The number of hydrogen-bond acceptors (Lipinski definition) is 6. The molecule has 0 aliphatic carbocycles. The summed E-state index contributed by atoms with van der Waals surface area (Å²) in [5.74, 6) is -3.25. The molecule has 0 amide bonds. The highest BCUT2D eigenvalue weighted by atomic mass is 35.5. The number of carbonyl (C=O) groups excluding carboxylic acids is 1. The van der Waals surface area contributed by atoms with Crippen molar-refractivity contribution >= 4 is 29.2 Å². The Labute approximate surface area is 225 Å². The van der Waals surface area contributed by atoms with Gasteiger partial charge in [-0.2, -0.15) is 10.4 Å². The van der Waals surface area contributed by atoms with E-state index in [0.29, 0.717) is 12.8 Å². The van der Waals surface area contributed by atoms with E-state index in [0.717, 1.165) is 6.07 Å². The largest absolute Gasteiger partial charge is 0.443 e. The lowest BCUT2D eigenvalue weighted by atomic mass is 9.62. The first-order valence-electron chi connectivity index (χ1n) is 12.0. The van der Waals surface area contributed by atoms with E-state index in [4.69, 9.17) is 33.5 Å². The van der Waals surface area contributed by atoms with E-state index < -0.39 is 52.2 Å². The van der Waals surface area contributed by atoms with Crippen LogP contribution >= 0.6 is 23.2 Å². The first kappa shape index (κ1) is 27.4. The maximum absolute atomic E-state index is 15.7. The lowest BCUT2D eigenvalue weighted by Crippen LogP contribution is -2.52. The number of carbonyl (C=O) groups is 1. The maximum Gasteiger partial charge on any atom is 0.325 e. The third-order valence-electron chi connectivity index (χ3n) is 7.71. The van der Waals surface area contributed by atoms with Gasteiger partial charge in [0.15, 0.2) is 5.72 Å². The van der Waals surface area contributed by atoms with Crippen LogP contribution in [0.5, 0.6) is 0 Å². The van der Waals surface area contributed by atoms with E-state index in [-0.39, 0.29) is 27.7 Å². The number of ether oxygens (including phenoxy) is 1. The summed E-state index contributed by atoms with van der Waals surface area (Å²) in [6.45, 7) is 7.62. The Balaban J connectivity index is 2.08. The molecule has 2 aromatic rings. The quantitative estimate of drug-likeness (QED) is 0.298. The Kier molecular flexibility index (Phi) is 7.13. The molecule has 2 fully saturated rings. The van der Waals surface area contributed by atoms with Crippen molar-refractivity contribution in [3.05, 3.63) is 69.2 Å². The maximum atomic E-state index is 15.7. The van der Waals surface area contributed by atoms with Crippen LogP contribution in [0, 0.1) is 33.9 Å². The number of hydrogen-bond donors (Lipinski definition) is 1. The number of nitrogens with zero attached hydrogens (tertiary/aromatic N) is 3. The van der Waals surface area contributed by atoms with E-state index in [1.807, 2.05) is 13.8 Å². The van der Waals surface area contributed by atoms with Crippen molar-refractivity contribution in [2.75, 3.05) is 6.54 Å². The van der Waals surface area contributed by atoms with Crippen LogP contribution < -0.4 is 0 Å². The summed E-state index contributed by atoms with van der Waals surface area (Å²) >= 11 is 12.2. The second-order valence-electron chi connectivity index (χ2n) is 11.0. The van der Waals surface area contributed by atoms with Crippen LogP contribution in [0.1, 0.15) is 57.6 Å². The van der Waals surface area contributed by atoms with Crippen LogP contribution in [0.15, 0.2) is 41.5 Å². The smallest absolute Gasteiger partial charge is 0.325 e. The van der Waals surface area contributed by atoms with Crippen molar-refractivity contribution in [3.63, 3.8) is 0 Å². The number of nitriles is 1. The molecule has 0 radical (unpaired) electrons. The first-order chi connectivity index (χ1) is 17.3. The molecule has 0 aromatic heterocycles. The molecule has 0 saturated carbocycles. The first-order valence-corrected chi connectivity index (χ1v) is 12.7. The Morgan fingerprint density at radius 3 is 2.57 bits per heavy atom. The van der Waals surface area contributed by atoms with Crippen LogP contribution in [0.3, 0.4) is 0 Å². The second kappa shape index (κ2) is 9.61. The Bertz CT molecular complexity index is 1300. The molecule has 2 heterocycles. The van der Waals surface area contributed by atoms with Crippen molar-refractivity contribution in [2.45, 2.75) is 69.7 Å². The molecule has 2 aromatic carbocycles. The molecule has 2 aliphatic rings. The number of nitrogens with one attached hydrogen (secondary N) is 1. The molecule has 0 spiro atoms. The van der Waals surface area contributed by atoms with E-state index in [1.165, 1.54) is 24.3 Å². The number of fused-ring (bicyclic) bond motifs is 1. The van der Waals surface area contributed by atoms with Crippen LogP contribution in [0.4, 0.5) is 8.78 Å². The van der Waals surface area contributed by atoms with Crippen LogP contribution in [0.2, 0.25) is 10.0 Å². The molecular weight excluding hydrogens is 521 g/mol. The highest BCUT2D eigenvalue weighted by Crippen LogP contribution is 2.60. The summed E-state index contributed by atoms with van der Waals surface area (Å²) in [7, 11) is 0. The van der Waals surface area contributed by atoms with Crippen LogP contribution in [-0.2, 0) is 14.9 Å². The van der Waals surface area contributed by atoms with Gasteiger partial charge in [0.2, 0.25) is 0 Å². The number of halogens is 4. The summed E-state index contributed by atoms with van der Waals surface area (Å²) < 4.78 is 37.2. The van der Waals surface area contributed by atoms with Gasteiger partial charge in [0.05, 0.1) is 17.6 Å². The SMILES string of the molecule is CC(C)(CCN=N)C[C@@H]1N2[C@@H](C(=O)OC2(C)C)[C@H](c2cccc(Cl)c2F)[C@@]1(C#N)c1ccc(Cl)cc1F.